The molecule has 0 saturated carbocycles. The summed E-state index contributed by atoms with van der Waals surface area (Å²) in [5.41, 5.74) is 2.73. The van der Waals surface area contributed by atoms with Crippen molar-refractivity contribution in [3.8, 4) is 5.69 Å². The number of hydrogen-bond donors (Lipinski definition) is 2. The van der Waals surface area contributed by atoms with Gasteiger partial charge in [0, 0.05) is 29.3 Å². The summed E-state index contributed by atoms with van der Waals surface area (Å²) in [6.45, 7) is 3.34. The molecule has 0 saturated heterocycles. The zero-order valence-corrected chi connectivity index (χ0v) is 13.6. The molecule has 0 aliphatic rings. The molecule has 0 aliphatic heterocycles. The van der Waals surface area contributed by atoms with Crippen molar-refractivity contribution in [3.63, 3.8) is 0 Å². The third-order valence-electron chi connectivity index (χ3n) is 3.53. The minimum atomic E-state index is -0.745. The standard InChI is InChI=1S/C16H13FN2.C3H6O2/c1-11(18)13-10-19(15-8-4-2-6-12(13)15)16-9-5-3-7-14(16)17;1-2-3(4)5/h2-10,18H,1H3;2H2,1H3,(H,4,5). The first-order valence-electron chi connectivity index (χ1n) is 7.58. The molecule has 4 nitrogen and oxygen atoms in total. The number of carboxylic acids is 1. The maximum Gasteiger partial charge on any atom is 0.303 e. The van der Waals surface area contributed by atoms with Gasteiger partial charge in [0.2, 0.25) is 0 Å². The fraction of sp³-hybridized carbons (Fsp3) is 0.158. The van der Waals surface area contributed by atoms with E-state index in [9.17, 15) is 9.18 Å². The maximum absolute atomic E-state index is 13.9. The van der Waals surface area contributed by atoms with Gasteiger partial charge in [-0.15, -0.1) is 0 Å². The van der Waals surface area contributed by atoms with Crippen LogP contribution in [-0.4, -0.2) is 21.4 Å². The first-order valence-corrected chi connectivity index (χ1v) is 7.58. The Labute approximate surface area is 139 Å². The van der Waals surface area contributed by atoms with E-state index in [0.717, 1.165) is 16.5 Å². The molecule has 0 atom stereocenters. The highest BCUT2D eigenvalue weighted by Crippen LogP contribution is 2.26. The number of para-hydroxylation sites is 2. The van der Waals surface area contributed by atoms with E-state index in [-0.39, 0.29) is 12.2 Å². The Balaban J connectivity index is 0.000000368. The summed E-state index contributed by atoms with van der Waals surface area (Å²) in [4.78, 5) is 9.37. The molecule has 5 heteroatoms. The van der Waals surface area contributed by atoms with Gasteiger partial charge in [0.15, 0.2) is 0 Å². The van der Waals surface area contributed by atoms with E-state index in [1.807, 2.05) is 36.5 Å². The lowest BCUT2D eigenvalue weighted by Gasteiger charge is -2.06. The topological polar surface area (TPSA) is 66.1 Å². The van der Waals surface area contributed by atoms with Gasteiger partial charge in [0.25, 0.3) is 0 Å². The van der Waals surface area contributed by atoms with Crippen LogP contribution in [0.5, 0.6) is 0 Å². The van der Waals surface area contributed by atoms with E-state index in [0.29, 0.717) is 11.4 Å². The van der Waals surface area contributed by atoms with Gasteiger partial charge in [-0.1, -0.05) is 37.3 Å². The second-order valence-corrected chi connectivity index (χ2v) is 5.25. The molecule has 24 heavy (non-hydrogen) atoms. The summed E-state index contributed by atoms with van der Waals surface area (Å²) in [6.07, 6.45) is 2.05. The first kappa shape index (κ1) is 17.4. The summed E-state index contributed by atoms with van der Waals surface area (Å²) >= 11 is 0. The molecule has 3 rings (SSSR count). The van der Waals surface area contributed by atoms with Crippen molar-refractivity contribution in [1.82, 2.24) is 4.57 Å². The van der Waals surface area contributed by atoms with Crippen molar-refractivity contribution in [2.75, 3.05) is 0 Å². The second-order valence-electron chi connectivity index (χ2n) is 5.25. The number of fused-ring (bicyclic) bond motifs is 1. The van der Waals surface area contributed by atoms with Crippen molar-refractivity contribution in [3.05, 3.63) is 66.1 Å². The van der Waals surface area contributed by atoms with Crippen LogP contribution in [0.2, 0.25) is 0 Å². The third kappa shape index (κ3) is 3.68. The molecule has 0 amide bonds. The van der Waals surface area contributed by atoms with Crippen LogP contribution in [0.15, 0.2) is 54.7 Å². The molecule has 0 bridgehead atoms. The summed E-state index contributed by atoms with van der Waals surface area (Å²) in [6, 6.07) is 14.4. The van der Waals surface area contributed by atoms with Crippen molar-refractivity contribution < 1.29 is 14.3 Å². The number of carboxylic acid groups (broad SMARTS) is 1. The number of nitrogens with zero attached hydrogens (tertiary/aromatic N) is 1. The number of carbonyl (C=O) groups is 1. The fourth-order valence-electron chi connectivity index (χ4n) is 2.32. The van der Waals surface area contributed by atoms with Crippen LogP contribution in [0.4, 0.5) is 4.39 Å². The largest absolute Gasteiger partial charge is 0.481 e. The highest BCUT2D eigenvalue weighted by Gasteiger charge is 2.12. The van der Waals surface area contributed by atoms with Crippen LogP contribution in [0.25, 0.3) is 16.6 Å². The highest BCUT2D eigenvalue weighted by atomic mass is 19.1. The Bertz CT molecular complexity index is 884. The fourth-order valence-corrected chi connectivity index (χ4v) is 2.32. The SMILES string of the molecule is CC(=N)c1cn(-c2ccccc2F)c2ccccc12.CCC(=O)O. The van der Waals surface area contributed by atoms with E-state index >= 15 is 0 Å². The monoisotopic (exact) mass is 326 g/mol. The molecule has 124 valence electrons. The number of aromatic nitrogens is 1. The molecule has 0 unspecified atom stereocenters. The normalized spacial score (nSPS) is 10.1. The number of benzene rings is 2. The Kier molecular flexibility index (Phi) is 5.47. The Morgan fingerprint density at radius 2 is 1.75 bits per heavy atom. The summed E-state index contributed by atoms with van der Waals surface area (Å²) in [7, 11) is 0. The lowest BCUT2D eigenvalue weighted by Crippen LogP contribution is -1.95. The quantitative estimate of drug-likeness (QED) is 0.689. The van der Waals surface area contributed by atoms with Gasteiger partial charge in [-0.25, -0.2) is 4.39 Å². The van der Waals surface area contributed by atoms with E-state index < -0.39 is 5.97 Å². The van der Waals surface area contributed by atoms with Crippen LogP contribution >= 0.6 is 0 Å². The molecule has 1 heterocycles. The van der Waals surface area contributed by atoms with Gasteiger partial charge in [0.1, 0.15) is 5.82 Å². The van der Waals surface area contributed by atoms with Gasteiger partial charge >= 0.3 is 5.97 Å². The summed E-state index contributed by atoms with van der Waals surface area (Å²) in [5.74, 6) is -1.01. The Morgan fingerprint density at radius 3 is 2.33 bits per heavy atom. The van der Waals surface area contributed by atoms with Crippen molar-refractivity contribution in [2.24, 2.45) is 0 Å². The minimum absolute atomic E-state index is 0.222. The second kappa shape index (κ2) is 7.55. The zero-order valence-electron chi connectivity index (χ0n) is 13.6. The molecule has 3 aromatic rings. The average Bonchev–Trinajstić information content (AvgIpc) is 2.95. The number of rotatable bonds is 3. The van der Waals surface area contributed by atoms with E-state index in [4.69, 9.17) is 10.5 Å². The van der Waals surface area contributed by atoms with Crippen LogP contribution < -0.4 is 0 Å². The highest BCUT2D eigenvalue weighted by molar-refractivity contribution is 6.08. The smallest absolute Gasteiger partial charge is 0.303 e. The van der Waals surface area contributed by atoms with Gasteiger partial charge in [-0.3, -0.25) is 4.79 Å². The predicted octanol–water partition coefficient (Wildman–Crippen LogP) is 4.64. The van der Waals surface area contributed by atoms with Crippen molar-refractivity contribution >= 4 is 22.6 Å². The van der Waals surface area contributed by atoms with E-state index in [1.54, 1.807) is 30.5 Å². The van der Waals surface area contributed by atoms with Crippen LogP contribution in [0.3, 0.4) is 0 Å². The Morgan fingerprint density at radius 1 is 1.17 bits per heavy atom. The first-order chi connectivity index (χ1) is 11.5. The molecule has 0 radical (unpaired) electrons. The molecule has 0 spiro atoms. The Hall–Kier alpha value is -2.95. The molecule has 2 N–H and O–H groups in total. The number of aliphatic carboxylic acids is 1. The number of hydrogen-bond acceptors (Lipinski definition) is 2. The van der Waals surface area contributed by atoms with E-state index in [1.165, 1.54) is 6.07 Å². The maximum atomic E-state index is 13.9. The van der Waals surface area contributed by atoms with Gasteiger partial charge in [0.05, 0.1) is 11.2 Å². The number of halogens is 1. The molecule has 1 aromatic heterocycles. The van der Waals surface area contributed by atoms with Crippen molar-refractivity contribution in [1.29, 1.82) is 5.41 Å². The molecular weight excluding hydrogens is 307 g/mol. The van der Waals surface area contributed by atoms with Gasteiger partial charge in [-0.05, 0) is 25.1 Å². The molecular formula is C19H19FN2O2. The van der Waals surface area contributed by atoms with Gasteiger partial charge < -0.3 is 15.1 Å². The average molecular weight is 326 g/mol. The number of nitrogens with one attached hydrogen (secondary N) is 1. The van der Waals surface area contributed by atoms with Crippen LogP contribution in [-0.2, 0) is 4.79 Å². The molecule has 0 fully saturated rings. The van der Waals surface area contributed by atoms with Crippen LogP contribution in [0, 0.1) is 11.2 Å². The lowest BCUT2D eigenvalue weighted by atomic mass is 10.1. The van der Waals surface area contributed by atoms with Crippen molar-refractivity contribution in [2.45, 2.75) is 20.3 Å². The summed E-state index contributed by atoms with van der Waals surface area (Å²) < 4.78 is 15.7. The minimum Gasteiger partial charge on any atom is -0.481 e. The zero-order chi connectivity index (χ0) is 17.7. The molecule has 0 aliphatic carbocycles. The third-order valence-corrected chi connectivity index (χ3v) is 3.53. The van der Waals surface area contributed by atoms with Crippen LogP contribution in [0.1, 0.15) is 25.8 Å². The molecule has 2 aromatic carbocycles. The summed E-state index contributed by atoms with van der Waals surface area (Å²) in [5, 5.41) is 16.5. The lowest BCUT2D eigenvalue weighted by molar-refractivity contribution is -0.136. The van der Waals surface area contributed by atoms with E-state index in [2.05, 4.69) is 0 Å². The predicted molar refractivity (Wildman–Crippen MR) is 93.7 cm³/mol. The van der Waals surface area contributed by atoms with Gasteiger partial charge in [-0.2, -0.15) is 0 Å².